The summed E-state index contributed by atoms with van der Waals surface area (Å²) in [5, 5.41) is 8.82. The zero-order chi connectivity index (χ0) is 16.0. The fraction of sp³-hybridized carbons (Fsp3) is 0.533. The summed E-state index contributed by atoms with van der Waals surface area (Å²) in [5.41, 5.74) is 2.87. The van der Waals surface area contributed by atoms with Crippen molar-refractivity contribution in [3.63, 3.8) is 0 Å². The number of hydrogen-bond acceptors (Lipinski definition) is 3. The molecule has 1 rings (SSSR count). The molecule has 0 spiro atoms. The maximum atomic E-state index is 12.4. The van der Waals surface area contributed by atoms with Gasteiger partial charge in [-0.3, -0.25) is 4.79 Å². The smallest absolute Gasteiger partial charge is 0.260 e. The van der Waals surface area contributed by atoms with Crippen molar-refractivity contribution in [3.05, 3.63) is 28.8 Å². The summed E-state index contributed by atoms with van der Waals surface area (Å²) in [6, 6.07) is 3.86. The number of alkyl halides is 2. The van der Waals surface area contributed by atoms with Crippen molar-refractivity contribution in [3.8, 4) is 5.75 Å². The highest BCUT2D eigenvalue weighted by molar-refractivity contribution is 5.77. The molecule has 0 saturated heterocycles. The fourth-order valence-electron chi connectivity index (χ4n) is 2.22. The van der Waals surface area contributed by atoms with Gasteiger partial charge in [0.25, 0.3) is 12.3 Å². The van der Waals surface area contributed by atoms with Gasteiger partial charge in [0.15, 0.2) is 6.61 Å². The molecule has 0 aromatic heterocycles. The van der Waals surface area contributed by atoms with Gasteiger partial charge in [-0.1, -0.05) is 17.7 Å². The Hall–Kier alpha value is -1.69. The summed E-state index contributed by atoms with van der Waals surface area (Å²) < 4.78 is 30.3. The van der Waals surface area contributed by atoms with Crippen LogP contribution in [0.3, 0.4) is 0 Å². The van der Waals surface area contributed by atoms with Gasteiger partial charge in [0.2, 0.25) is 0 Å². The van der Waals surface area contributed by atoms with E-state index >= 15 is 0 Å². The van der Waals surface area contributed by atoms with Gasteiger partial charge in [0.1, 0.15) is 5.75 Å². The SMILES string of the molecule is Cc1cc(C)c(OCC(=O)N(CCO)CC(F)F)c(C)c1. The molecule has 21 heavy (non-hydrogen) atoms. The molecule has 1 aromatic rings. The summed E-state index contributed by atoms with van der Waals surface area (Å²) in [4.78, 5) is 12.8. The first-order valence-corrected chi connectivity index (χ1v) is 6.72. The molecule has 0 saturated carbocycles. The number of aryl methyl sites for hydroxylation is 3. The number of amides is 1. The van der Waals surface area contributed by atoms with Gasteiger partial charge >= 0.3 is 0 Å². The van der Waals surface area contributed by atoms with E-state index in [9.17, 15) is 13.6 Å². The van der Waals surface area contributed by atoms with Crippen LogP contribution in [0, 0.1) is 20.8 Å². The maximum Gasteiger partial charge on any atom is 0.260 e. The van der Waals surface area contributed by atoms with Gasteiger partial charge in [0, 0.05) is 6.54 Å². The molecule has 0 fully saturated rings. The lowest BCUT2D eigenvalue weighted by Gasteiger charge is -2.22. The zero-order valence-corrected chi connectivity index (χ0v) is 12.5. The number of carbonyl (C=O) groups excluding carboxylic acids is 1. The van der Waals surface area contributed by atoms with Crippen LogP contribution in [0.15, 0.2) is 12.1 Å². The van der Waals surface area contributed by atoms with Crippen molar-refractivity contribution in [2.24, 2.45) is 0 Å². The highest BCUT2D eigenvalue weighted by Crippen LogP contribution is 2.24. The Morgan fingerprint density at radius 1 is 1.29 bits per heavy atom. The van der Waals surface area contributed by atoms with E-state index in [1.165, 1.54) is 0 Å². The molecule has 0 bridgehead atoms. The number of ether oxygens (including phenoxy) is 1. The lowest BCUT2D eigenvalue weighted by atomic mass is 10.1. The molecule has 0 unspecified atom stereocenters. The molecule has 0 aliphatic carbocycles. The van der Waals surface area contributed by atoms with Crippen LogP contribution >= 0.6 is 0 Å². The third kappa shape index (κ3) is 5.30. The summed E-state index contributed by atoms with van der Waals surface area (Å²) in [7, 11) is 0. The van der Waals surface area contributed by atoms with E-state index in [0.29, 0.717) is 5.75 Å². The van der Waals surface area contributed by atoms with Gasteiger partial charge in [-0.15, -0.1) is 0 Å². The molecular formula is C15H21F2NO3. The molecule has 0 atom stereocenters. The highest BCUT2D eigenvalue weighted by atomic mass is 19.3. The minimum Gasteiger partial charge on any atom is -0.483 e. The topological polar surface area (TPSA) is 49.8 Å². The monoisotopic (exact) mass is 301 g/mol. The normalized spacial score (nSPS) is 10.8. The average Bonchev–Trinajstić information content (AvgIpc) is 2.36. The molecule has 0 heterocycles. The molecule has 1 aromatic carbocycles. The van der Waals surface area contributed by atoms with Crippen LogP contribution in [0.2, 0.25) is 0 Å². The third-order valence-electron chi connectivity index (χ3n) is 3.03. The largest absolute Gasteiger partial charge is 0.483 e. The zero-order valence-electron chi connectivity index (χ0n) is 12.5. The molecule has 6 heteroatoms. The Labute approximate surface area is 123 Å². The highest BCUT2D eigenvalue weighted by Gasteiger charge is 2.18. The minimum absolute atomic E-state index is 0.127. The van der Waals surface area contributed by atoms with Crippen molar-refractivity contribution < 1.29 is 23.4 Å². The van der Waals surface area contributed by atoms with E-state index in [4.69, 9.17) is 9.84 Å². The predicted molar refractivity (Wildman–Crippen MR) is 75.8 cm³/mol. The molecule has 1 amide bonds. The van der Waals surface area contributed by atoms with E-state index in [1.807, 2.05) is 32.9 Å². The van der Waals surface area contributed by atoms with E-state index in [1.54, 1.807) is 0 Å². The van der Waals surface area contributed by atoms with Crippen molar-refractivity contribution >= 4 is 5.91 Å². The number of aliphatic hydroxyl groups is 1. The summed E-state index contributed by atoms with van der Waals surface area (Å²) in [6.07, 6.45) is -2.64. The van der Waals surface area contributed by atoms with Crippen molar-refractivity contribution in [1.29, 1.82) is 0 Å². The number of carbonyl (C=O) groups is 1. The van der Waals surface area contributed by atoms with Crippen molar-refractivity contribution in [2.45, 2.75) is 27.2 Å². The van der Waals surface area contributed by atoms with E-state index in [2.05, 4.69) is 0 Å². The Kier molecular flexibility index (Phi) is 6.55. The molecular weight excluding hydrogens is 280 g/mol. The average molecular weight is 301 g/mol. The van der Waals surface area contributed by atoms with Gasteiger partial charge in [0.05, 0.1) is 13.2 Å². The second-order valence-corrected chi connectivity index (χ2v) is 4.97. The van der Waals surface area contributed by atoms with E-state index < -0.39 is 18.9 Å². The molecule has 1 N–H and O–H groups in total. The first-order chi connectivity index (χ1) is 9.85. The fourth-order valence-corrected chi connectivity index (χ4v) is 2.22. The Morgan fingerprint density at radius 2 is 1.86 bits per heavy atom. The quantitative estimate of drug-likeness (QED) is 0.839. The van der Waals surface area contributed by atoms with Gasteiger partial charge in [-0.25, -0.2) is 8.78 Å². The summed E-state index contributed by atoms with van der Waals surface area (Å²) in [5.74, 6) is 0.0265. The Bertz CT molecular complexity index is 469. The van der Waals surface area contributed by atoms with E-state index in [-0.39, 0.29) is 19.8 Å². The van der Waals surface area contributed by atoms with Crippen molar-refractivity contribution in [1.82, 2.24) is 4.90 Å². The van der Waals surface area contributed by atoms with Gasteiger partial charge in [-0.05, 0) is 31.9 Å². The number of aliphatic hydroxyl groups excluding tert-OH is 1. The van der Waals surface area contributed by atoms with E-state index in [0.717, 1.165) is 21.6 Å². The summed E-state index contributed by atoms with van der Waals surface area (Å²) >= 11 is 0. The number of halogens is 2. The first-order valence-electron chi connectivity index (χ1n) is 6.72. The van der Waals surface area contributed by atoms with Gasteiger partial charge in [-0.2, -0.15) is 0 Å². The molecule has 0 aliphatic heterocycles. The lowest BCUT2D eigenvalue weighted by molar-refractivity contribution is -0.135. The maximum absolute atomic E-state index is 12.4. The van der Waals surface area contributed by atoms with Crippen LogP contribution in [-0.4, -0.2) is 48.6 Å². The van der Waals surface area contributed by atoms with Crippen LogP contribution < -0.4 is 4.74 Å². The Morgan fingerprint density at radius 3 is 2.33 bits per heavy atom. The minimum atomic E-state index is -2.64. The number of benzene rings is 1. The van der Waals surface area contributed by atoms with Crippen LogP contribution in [0.25, 0.3) is 0 Å². The Balaban J connectivity index is 2.71. The van der Waals surface area contributed by atoms with Gasteiger partial charge < -0.3 is 14.7 Å². The van der Waals surface area contributed by atoms with Crippen LogP contribution in [-0.2, 0) is 4.79 Å². The lowest BCUT2D eigenvalue weighted by Crippen LogP contribution is -2.40. The number of hydrogen-bond donors (Lipinski definition) is 1. The number of nitrogens with zero attached hydrogens (tertiary/aromatic N) is 1. The summed E-state index contributed by atoms with van der Waals surface area (Å²) in [6.45, 7) is 4.18. The second kappa shape index (κ2) is 7.93. The molecule has 0 radical (unpaired) electrons. The van der Waals surface area contributed by atoms with Crippen molar-refractivity contribution in [2.75, 3.05) is 26.3 Å². The standard InChI is InChI=1S/C15H21F2NO3/c1-10-6-11(2)15(12(3)7-10)21-9-14(20)18(4-5-19)8-13(16)17/h6-7,13,19H,4-5,8-9H2,1-3H3. The molecule has 118 valence electrons. The molecule has 4 nitrogen and oxygen atoms in total. The second-order valence-electron chi connectivity index (χ2n) is 4.97. The van der Waals surface area contributed by atoms with Crippen LogP contribution in [0.5, 0.6) is 5.75 Å². The molecule has 0 aliphatic rings. The first kappa shape index (κ1) is 17.4. The third-order valence-corrected chi connectivity index (χ3v) is 3.03. The predicted octanol–water partition coefficient (Wildman–Crippen LogP) is 2.08. The number of rotatable bonds is 7. The van der Waals surface area contributed by atoms with Crippen LogP contribution in [0.4, 0.5) is 8.78 Å². The van der Waals surface area contributed by atoms with Crippen LogP contribution in [0.1, 0.15) is 16.7 Å².